The number of fused-ring (bicyclic) bond motifs is 2. The number of benzene rings is 3. The van der Waals surface area contributed by atoms with Crippen LogP contribution in [0.4, 0.5) is 10.1 Å². The van der Waals surface area contributed by atoms with Gasteiger partial charge in [-0.1, -0.05) is 52.9 Å². The highest BCUT2D eigenvalue weighted by molar-refractivity contribution is 8.00. The largest absolute Gasteiger partial charge is 0.493 e. The van der Waals surface area contributed by atoms with Gasteiger partial charge >= 0.3 is 4.87 Å². The summed E-state index contributed by atoms with van der Waals surface area (Å²) in [7, 11) is 1.52. The average molecular weight is 583 g/mol. The van der Waals surface area contributed by atoms with Crippen LogP contribution in [-0.2, 0) is 16.2 Å². The van der Waals surface area contributed by atoms with E-state index in [0.717, 1.165) is 21.8 Å². The molecule has 1 N–H and O–H groups in total. The third-order valence-electron chi connectivity index (χ3n) is 6.74. The molecular weight excluding hydrogens is 563 g/mol. The van der Waals surface area contributed by atoms with Crippen LogP contribution in [0.1, 0.15) is 21.9 Å². The zero-order valence-corrected chi connectivity index (χ0v) is 22.7. The van der Waals surface area contributed by atoms with Crippen molar-refractivity contribution in [3.63, 3.8) is 0 Å². The molecule has 3 atom stereocenters. The van der Waals surface area contributed by atoms with Gasteiger partial charge in [0.15, 0.2) is 11.5 Å². The van der Waals surface area contributed by atoms with Gasteiger partial charge in [-0.05, 0) is 59.7 Å². The van der Waals surface area contributed by atoms with Gasteiger partial charge in [0.05, 0.1) is 23.7 Å². The van der Waals surface area contributed by atoms with Crippen LogP contribution in [0.15, 0.2) is 76.6 Å². The summed E-state index contributed by atoms with van der Waals surface area (Å²) in [6.07, 6.45) is 0. The molecule has 2 aliphatic heterocycles. The number of aromatic amines is 1. The summed E-state index contributed by atoms with van der Waals surface area (Å²) in [6.45, 7) is 0.268. The van der Waals surface area contributed by atoms with Gasteiger partial charge in [0.1, 0.15) is 17.7 Å². The summed E-state index contributed by atoms with van der Waals surface area (Å²) in [5.74, 6) is -1.68. The second-order valence-electron chi connectivity index (χ2n) is 9.07. The van der Waals surface area contributed by atoms with Crippen molar-refractivity contribution in [1.29, 1.82) is 0 Å². The number of halogens is 2. The first-order valence-corrected chi connectivity index (χ1v) is 14.0. The third-order valence-corrected chi connectivity index (χ3v) is 9.38. The minimum Gasteiger partial charge on any atom is -0.493 e. The van der Waals surface area contributed by atoms with E-state index in [1.54, 1.807) is 18.2 Å². The summed E-state index contributed by atoms with van der Waals surface area (Å²) < 4.78 is 25.2. The van der Waals surface area contributed by atoms with Crippen LogP contribution in [0.5, 0.6) is 11.5 Å². The molecule has 2 aliphatic rings. The highest BCUT2D eigenvalue weighted by atomic mass is 35.5. The van der Waals surface area contributed by atoms with E-state index in [4.69, 9.17) is 21.1 Å². The number of H-pyrrole nitrogens is 1. The number of hydrogen-bond acceptors (Lipinski definition) is 7. The van der Waals surface area contributed by atoms with E-state index in [2.05, 4.69) is 4.98 Å². The molecule has 3 aromatic carbocycles. The van der Waals surface area contributed by atoms with Crippen LogP contribution in [0.25, 0.3) is 0 Å². The fraction of sp³-hybridized carbons (Fsp3) is 0.179. The Balaban J connectivity index is 1.37. The van der Waals surface area contributed by atoms with Crippen molar-refractivity contribution >= 4 is 52.2 Å². The number of carbonyl (C=O) groups is 2. The Labute approximate surface area is 235 Å². The van der Waals surface area contributed by atoms with E-state index in [0.29, 0.717) is 37.7 Å². The average Bonchev–Trinajstić information content (AvgIpc) is 3.42. The fourth-order valence-corrected chi connectivity index (χ4v) is 7.73. The Bertz CT molecular complexity index is 1650. The van der Waals surface area contributed by atoms with Gasteiger partial charge < -0.3 is 14.5 Å². The normalized spacial score (nSPS) is 20.1. The first-order valence-electron chi connectivity index (χ1n) is 11.9. The van der Waals surface area contributed by atoms with Crippen LogP contribution in [0, 0.1) is 11.7 Å². The maximum absolute atomic E-state index is 13.8. The molecule has 0 spiro atoms. The molecule has 1 saturated heterocycles. The van der Waals surface area contributed by atoms with Crippen molar-refractivity contribution in [3.8, 4) is 11.5 Å². The van der Waals surface area contributed by atoms with E-state index in [1.165, 1.54) is 43.1 Å². The lowest BCUT2D eigenvalue weighted by Crippen LogP contribution is -2.32. The van der Waals surface area contributed by atoms with Crippen LogP contribution in [-0.4, -0.2) is 29.2 Å². The minimum absolute atomic E-state index is 0.263. The predicted molar refractivity (Wildman–Crippen MR) is 148 cm³/mol. The number of aromatic nitrogens is 1. The molecule has 7 nitrogen and oxygen atoms in total. The zero-order valence-electron chi connectivity index (χ0n) is 20.4. The third kappa shape index (κ3) is 4.62. The molecule has 1 fully saturated rings. The number of thiazole rings is 1. The van der Waals surface area contributed by atoms with Gasteiger partial charge in [0.2, 0.25) is 11.8 Å². The lowest BCUT2D eigenvalue weighted by molar-refractivity contribution is -0.122. The molecule has 39 heavy (non-hydrogen) atoms. The van der Waals surface area contributed by atoms with Gasteiger partial charge in [-0.3, -0.25) is 14.4 Å². The number of thioether (sulfide) groups is 1. The highest BCUT2D eigenvalue weighted by Crippen LogP contribution is 2.53. The Hall–Kier alpha value is -3.60. The van der Waals surface area contributed by atoms with Gasteiger partial charge in [0, 0.05) is 15.8 Å². The molecule has 0 radical (unpaired) electrons. The molecule has 3 heterocycles. The Morgan fingerprint density at radius 3 is 2.54 bits per heavy atom. The molecule has 0 saturated carbocycles. The molecule has 0 aliphatic carbocycles. The van der Waals surface area contributed by atoms with Crippen molar-refractivity contribution in [1.82, 2.24) is 4.98 Å². The zero-order chi connectivity index (χ0) is 27.3. The number of carbonyl (C=O) groups excluding carboxylic acids is 2. The predicted octanol–water partition coefficient (Wildman–Crippen LogP) is 5.61. The van der Waals surface area contributed by atoms with E-state index >= 15 is 0 Å². The van der Waals surface area contributed by atoms with Gasteiger partial charge in [0.25, 0.3) is 0 Å². The highest BCUT2D eigenvalue weighted by Gasteiger charge is 2.56. The van der Waals surface area contributed by atoms with Gasteiger partial charge in [-0.2, -0.15) is 0 Å². The Morgan fingerprint density at radius 2 is 1.79 bits per heavy atom. The number of methoxy groups -OCH3 is 1. The monoisotopic (exact) mass is 582 g/mol. The van der Waals surface area contributed by atoms with E-state index in [1.807, 2.05) is 24.3 Å². The summed E-state index contributed by atoms with van der Waals surface area (Å²) in [4.78, 5) is 44.0. The number of amides is 2. The van der Waals surface area contributed by atoms with E-state index < -0.39 is 34.7 Å². The minimum atomic E-state index is -0.769. The molecule has 198 valence electrons. The van der Waals surface area contributed by atoms with Crippen LogP contribution >= 0.6 is 34.7 Å². The van der Waals surface area contributed by atoms with Crippen molar-refractivity contribution < 1.29 is 23.5 Å². The molecule has 2 amide bonds. The molecule has 11 heteroatoms. The molecule has 3 unspecified atom stereocenters. The van der Waals surface area contributed by atoms with Crippen LogP contribution < -0.4 is 19.2 Å². The second kappa shape index (κ2) is 10.2. The van der Waals surface area contributed by atoms with E-state index in [-0.39, 0.29) is 11.5 Å². The maximum atomic E-state index is 13.8. The molecule has 1 aromatic heterocycles. The molecule has 0 bridgehead atoms. The number of nitrogens with zero attached hydrogens (tertiary/aromatic N) is 1. The van der Waals surface area contributed by atoms with Crippen molar-refractivity contribution in [2.24, 2.45) is 5.92 Å². The van der Waals surface area contributed by atoms with Crippen LogP contribution in [0.2, 0.25) is 5.02 Å². The summed E-state index contributed by atoms with van der Waals surface area (Å²) in [5, 5.41) is 0.420. The Morgan fingerprint density at radius 1 is 1.00 bits per heavy atom. The second-order valence-corrected chi connectivity index (χ2v) is 11.7. The summed E-state index contributed by atoms with van der Waals surface area (Å²) >= 11 is 8.29. The summed E-state index contributed by atoms with van der Waals surface area (Å²) in [6, 6.07) is 17.9. The SMILES string of the molecule is COc1cc(C2c3sc(=O)[nH]c3SC3C(=O)N(c4ccc(F)cc4)C(=O)C32)ccc1OCc1cccc(Cl)c1. The lowest BCUT2D eigenvalue weighted by atomic mass is 9.83. The van der Waals surface area contributed by atoms with Crippen molar-refractivity contribution in [2.45, 2.75) is 22.8 Å². The standard InChI is InChI=1S/C28H20ClFN2O5S2/c1-36-20-12-15(5-10-19(20)37-13-14-3-2-4-16(29)11-14)21-22-24(38-25-23(21)39-28(35)31-25)27(34)32(26(22)33)18-8-6-17(30)7-9-18/h2-12,21-22,24H,13H2,1H3,(H,31,35). The molecule has 4 aromatic rings. The summed E-state index contributed by atoms with van der Waals surface area (Å²) in [5.41, 5.74) is 1.90. The molecule has 6 rings (SSSR count). The van der Waals surface area contributed by atoms with Gasteiger partial charge in [-0.25, -0.2) is 9.29 Å². The fourth-order valence-electron chi connectivity index (χ4n) is 5.01. The number of hydrogen-bond donors (Lipinski definition) is 1. The quantitative estimate of drug-likeness (QED) is 0.297. The number of nitrogens with one attached hydrogen (secondary N) is 1. The molecular formula is C28H20ClFN2O5S2. The number of rotatable bonds is 6. The maximum Gasteiger partial charge on any atom is 0.305 e. The Kier molecular flexibility index (Phi) is 6.70. The smallest absolute Gasteiger partial charge is 0.305 e. The van der Waals surface area contributed by atoms with Crippen molar-refractivity contribution in [3.05, 3.63) is 103 Å². The van der Waals surface area contributed by atoms with Crippen molar-refractivity contribution in [2.75, 3.05) is 12.0 Å². The lowest BCUT2D eigenvalue weighted by Gasteiger charge is -2.30. The van der Waals surface area contributed by atoms with Crippen LogP contribution in [0.3, 0.4) is 0 Å². The number of ether oxygens (including phenoxy) is 2. The van der Waals surface area contributed by atoms with Gasteiger partial charge in [-0.15, -0.1) is 0 Å². The first kappa shape index (κ1) is 25.7. The first-order chi connectivity index (χ1) is 18.8. The van der Waals surface area contributed by atoms with E-state index in [9.17, 15) is 18.8 Å². The number of imide groups is 1. The number of anilines is 1. The topological polar surface area (TPSA) is 88.7 Å².